The van der Waals surface area contributed by atoms with Crippen LogP contribution in [0, 0.1) is 5.82 Å². The van der Waals surface area contributed by atoms with Gasteiger partial charge in [-0.2, -0.15) is 0 Å². The van der Waals surface area contributed by atoms with Crippen LogP contribution in [0.2, 0.25) is 10.0 Å². The first-order valence-electron chi connectivity index (χ1n) is 6.20. The Bertz CT molecular complexity index is 590. The van der Waals surface area contributed by atoms with Gasteiger partial charge in [-0.05, 0) is 38.4 Å². The van der Waals surface area contributed by atoms with Gasteiger partial charge in [0, 0.05) is 12.1 Å². The number of nitrogens with one attached hydrogen (secondary N) is 2. The molecule has 2 N–H and O–H groups in total. The topological polar surface area (TPSA) is 58.2 Å². The maximum absolute atomic E-state index is 13.1. The number of sulfonamides is 1. The highest BCUT2D eigenvalue weighted by Crippen LogP contribution is 2.30. The van der Waals surface area contributed by atoms with Crippen LogP contribution in [-0.2, 0) is 10.0 Å². The molecule has 1 fully saturated rings. The third-order valence-electron chi connectivity index (χ3n) is 3.18. The van der Waals surface area contributed by atoms with Gasteiger partial charge in [0.1, 0.15) is 10.7 Å². The largest absolute Gasteiger partial charge is 0.314 e. The SMILES string of the molecule is CC1CC(NS(=O)(=O)c2c(Cl)cc(F)cc2Cl)CCN1.Cl. The second-order valence-corrected chi connectivity index (χ2v) is 7.36. The van der Waals surface area contributed by atoms with Crippen molar-refractivity contribution in [3.05, 3.63) is 28.0 Å². The third kappa shape index (κ3) is 4.68. The molecule has 4 nitrogen and oxygen atoms in total. The minimum atomic E-state index is -3.87. The van der Waals surface area contributed by atoms with Crippen molar-refractivity contribution in [2.75, 3.05) is 6.54 Å². The normalized spacial score (nSPS) is 22.7. The quantitative estimate of drug-likeness (QED) is 0.851. The molecule has 0 saturated carbocycles. The Labute approximate surface area is 139 Å². The number of halogens is 4. The Morgan fingerprint density at radius 3 is 2.43 bits per heavy atom. The molecule has 9 heteroatoms. The first-order valence-corrected chi connectivity index (χ1v) is 8.44. The average Bonchev–Trinajstić information content (AvgIpc) is 2.25. The number of piperidine rings is 1. The molecule has 1 aliphatic rings. The van der Waals surface area contributed by atoms with E-state index in [2.05, 4.69) is 10.0 Å². The highest BCUT2D eigenvalue weighted by Gasteiger charge is 2.28. The van der Waals surface area contributed by atoms with Crippen molar-refractivity contribution in [2.45, 2.75) is 36.7 Å². The summed E-state index contributed by atoms with van der Waals surface area (Å²) in [5.41, 5.74) is 0. The zero-order valence-electron chi connectivity index (χ0n) is 11.2. The molecule has 21 heavy (non-hydrogen) atoms. The summed E-state index contributed by atoms with van der Waals surface area (Å²) < 4.78 is 40.4. The van der Waals surface area contributed by atoms with Crippen molar-refractivity contribution < 1.29 is 12.8 Å². The van der Waals surface area contributed by atoms with Crippen LogP contribution in [0.4, 0.5) is 4.39 Å². The van der Waals surface area contributed by atoms with Gasteiger partial charge in [0.2, 0.25) is 10.0 Å². The van der Waals surface area contributed by atoms with Gasteiger partial charge in [0.05, 0.1) is 10.0 Å². The van der Waals surface area contributed by atoms with Crippen molar-refractivity contribution in [2.24, 2.45) is 0 Å². The van der Waals surface area contributed by atoms with E-state index in [0.717, 1.165) is 18.7 Å². The fourth-order valence-corrected chi connectivity index (χ4v) is 4.77. The highest BCUT2D eigenvalue weighted by molar-refractivity contribution is 7.89. The highest BCUT2D eigenvalue weighted by atomic mass is 35.5. The number of hydrogen-bond acceptors (Lipinski definition) is 3. The van der Waals surface area contributed by atoms with Crippen molar-refractivity contribution in [3.63, 3.8) is 0 Å². The molecule has 0 aliphatic carbocycles. The van der Waals surface area contributed by atoms with E-state index in [9.17, 15) is 12.8 Å². The van der Waals surface area contributed by atoms with E-state index in [4.69, 9.17) is 23.2 Å². The molecule has 0 bridgehead atoms. The second-order valence-electron chi connectivity index (χ2n) is 4.90. The van der Waals surface area contributed by atoms with Crippen molar-refractivity contribution in [1.82, 2.24) is 10.0 Å². The molecule has 0 amide bonds. The minimum absolute atomic E-state index is 0. The van der Waals surface area contributed by atoms with Gasteiger partial charge in [-0.3, -0.25) is 0 Å². The van der Waals surface area contributed by atoms with Crippen LogP contribution in [-0.4, -0.2) is 27.0 Å². The van der Waals surface area contributed by atoms with Crippen LogP contribution in [0.15, 0.2) is 17.0 Å². The summed E-state index contributed by atoms with van der Waals surface area (Å²) in [7, 11) is -3.87. The number of hydrogen-bond donors (Lipinski definition) is 2. The van der Waals surface area contributed by atoms with Gasteiger partial charge in [-0.1, -0.05) is 23.2 Å². The van der Waals surface area contributed by atoms with Gasteiger partial charge in [0.15, 0.2) is 0 Å². The molecule has 1 heterocycles. The second kappa shape index (κ2) is 7.44. The van der Waals surface area contributed by atoms with Crippen molar-refractivity contribution >= 4 is 45.6 Å². The van der Waals surface area contributed by atoms with E-state index >= 15 is 0 Å². The molecule has 120 valence electrons. The molecule has 0 spiro atoms. The summed E-state index contributed by atoms with van der Waals surface area (Å²) in [5.74, 6) is -0.672. The summed E-state index contributed by atoms with van der Waals surface area (Å²) in [6.45, 7) is 2.72. The Kier molecular flexibility index (Phi) is 6.71. The molecular formula is C12H16Cl3FN2O2S. The first kappa shape index (κ1) is 18.9. The number of rotatable bonds is 3. The molecule has 0 radical (unpaired) electrons. The van der Waals surface area contributed by atoms with E-state index in [1.165, 1.54) is 0 Å². The maximum Gasteiger partial charge on any atom is 0.243 e. The van der Waals surface area contributed by atoms with Crippen molar-refractivity contribution in [3.8, 4) is 0 Å². The van der Waals surface area contributed by atoms with Crippen LogP contribution in [0.25, 0.3) is 0 Å². The zero-order chi connectivity index (χ0) is 14.9. The summed E-state index contributed by atoms with van der Waals surface area (Å²) in [6.07, 6.45) is 1.36. The Hall–Kier alpha value is -0.110. The monoisotopic (exact) mass is 376 g/mol. The summed E-state index contributed by atoms with van der Waals surface area (Å²) in [6, 6.07) is 1.92. The Balaban J connectivity index is 0.00000220. The average molecular weight is 378 g/mol. The lowest BCUT2D eigenvalue weighted by atomic mass is 10.0. The van der Waals surface area contributed by atoms with Gasteiger partial charge in [-0.15, -0.1) is 12.4 Å². The Morgan fingerprint density at radius 1 is 1.33 bits per heavy atom. The Morgan fingerprint density at radius 2 is 1.90 bits per heavy atom. The summed E-state index contributed by atoms with van der Waals surface area (Å²) in [5, 5.41) is 2.80. The van der Waals surface area contributed by atoms with Crippen molar-refractivity contribution in [1.29, 1.82) is 0 Å². The minimum Gasteiger partial charge on any atom is -0.314 e. The molecule has 1 saturated heterocycles. The molecule has 1 aromatic carbocycles. The smallest absolute Gasteiger partial charge is 0.243 e. The summed E-state index contributed by atoms with van der Waals surface area (Å²) >= 11 is 11.6. The predicted octanol–water partition coefficient (Wildman–Crippen LogP) is 2.97. The maximum atomic E-state index is 13.1. The predicted molar refractivity (Wildman–Crippen MR) is 84.5 cm³/mol. The van der Waals surface area contributed by atoms with Gasteiger partial charge in [0.25, 0.3) is 0 Å². The van der Waals surface area contributed by atoms with E-state index < -0.39 is 15.8 Å². The van der Waals surface area contributed by atoms with Crippen LogP contribution in [0.3, 0.4) is 0 Å². The summed E-state index contributed by atoms with van der Waals surface area (Å²) in [4.78, 5) is -0.270. The van der Waals surface area contributed by atoms with E-state index in [-0.39, 0.29) is 39.4 Å². The first-order chi connectivity index (χ1) is 9.29. The molecular weight excluding hydrogens is 362 g/mol. The fourth-order valence-electron chi connectivity index (χ4n) is 2.30. The van der Waals surface area contributed by atoms with E-state index in [0.29, 0.717) is 12.8 Å². The lowest BCUT2D eigenvalue weighted by molar-refractivity contribution is 0.361. The molecule has 2 atom stereocenters. The molecule has 1 aromatic rings. The third-order valence-corrected chi connectivity index (χ3v) is 5.62. The molecule has 0 aromatic heterocycles. The van der Waals surface area contributed by atoms with Crippen LogP contribution >= 0.6 is 35.6 Å². The number of benzene rings is 1. The fraction of sp³-hybridized carbons (Fsp3) is 0.500. The molecule has 1 aliphatic heterocycles. The standard InChI is InChI=1S/C12H15Cl2FN2O2S.ClH/c1-7-4-9(2-3-16-7)17-20(18,19)12-10(13)5-8(15)6-11(12)14;/h5-7,9,16-17H,2-4H2,1H3;1H. The van der Waals surface area contributed by atoms with Gasteiger partial charge >= 0.3 is 0 Å². The van der Waals surface area contributed by atoms with Crippen LogP contribution in [0.1, 0.15) is 19.8 Å². The van der Waals surface area contributed by atoms with Crippen LogP contribution < -0.4 is 10.0 Å². The lowest BCUT2D eigenvalue weighted by Gasteiger charge is -2.28. The van der Waals surface area contributed by atoms with E-state index in [1.807, 2.05) is 6.92 Å². The van der Waals surface area contributed by atoms with Gasteiger partial charge < -0.3 is 5.32 Å². The lowest BCUT2D eigenvalue weighted by Crippen LogP contribution is -2.46. The molecule has 2 unspecified atom stereocenters. The van der Waals surface area contributed by atoms with E-state index in [1.54, 1.807) is 0 Å². The van der Waals surface area contributed by atoms with Crippen LogP contribution in [0.5, 0.6) is 0 Å². The molecule has 2 rings (SSSR count). The zero-order valence-corrected chi connectivity index (χ0v) is 14.3. The van der Waals surface area contributed by atoms with Gasteiger partial charge in [-0.25, -0.2) is 17.5 Å².